The van der Waals surface area contributed by atoms with Crippen LogP contribution in [0.5, 0.6) is 5.75 Å². The molecule has 2 unspecified atom stereocenters. The van der Waals surface area contributed by atoms with Crippen LogP contribution >= 0.6 is 15.9 Å². The maximum Gasteiger partial charge on any atom is 0.326 e. The van der Waals surface area contributed by atoms with Gasteiger partial charge in [0.1, 0.15) is 11.8 Å². The highest BCUT2D eigenvalue weighted by molar-refractivity contribution is 9.09. The van der Waals surface area contributed by atoms with E-state index in [4.69, 9.17) is 4.74 Å². The van der Waals surface area contributed by atoms with Gasteiger partial charge in [-0.05, 0) is 23.6 Å². The van der Waals surface area contributed by atoms with E-state index in [9.17, 15) is 14.7 Å². The topological polar surface area (TPSA) is 66.8 Å². The molecular formula is C15H18BrNO4. The standard InChI is InChI=1S/C15H18BrNO4/c1-21-12-4-2-3-10(5-12)6-13(15(19)20)17-9-11(8-16)7-14(17)18/h2-5,11,13H,6-9H2,1H3,(H,19,20). The van der Waals surface area contributed by atoms with E-state index in [1.54, 1.807) is 19.2 Å². The SMILES string of the molecule is COc1cccc(CC(C(=O)O)N2CC(CBr)CC2=O)c1. The molecule has 6 heteroatoms. The molecule has 0 bridgehead atoms. The Morgan fingerprint density at radius 2 is 2.33 bits per heavy atom. The Morgan fingerprint density at radius 1 is 1.57 bits per heavy atom. The Morgan fingerprint density at radius 3 is 2.90 bits per heavy atom. The van der Waals surface area contributed by atoms with E-state index in [0.29, 0.717) is 24.0 Å². The highest BCUT2D eigenvalue weighted by atomic mass is 79.9. The zero-order chi connectivity index (χ0) is 15.4. The third kappa shape index (κ3) is 3.75. The summed E-state index contributed by atoms with van der Waals surface area (Å²) in [4.78, 5) is 25.0. The molecule has 0 aliphatic carbocycles. The second kappa shape index (κ2) is 6.93. The van der Waals surface area contributed by atoms with Crippen LogP contribution in [0.3, 0.4) is 0 Å². The zero-order valence-electron chi connectivity index (χ0n) is 11.8. The number of carboxylic acids is 1. The third-order valence-corrected chi connectivity index (χ3v) is 4.60. The fourth-order valence-corrected chi connectivity index (χ4v) is 3.00. The minimum absolute atomic E-state index is 0.0882. The molecule has 5 nitrogen and oxygen atoms in total. The molecule has 114 valence electrons. The number of nitrogens with zero attached hydrogens (tertiary/aromatic N) is 1. The predicted octanol–water partition coefficient (Wildman–Crippen LogP) is 1.93. The first-order chi connectivity index (χ1) is 10.0. The molecule has 1 N–H and O–H groups in total. The van der Waals surface area contributed by atoms with E-state index in [0.717, 1.165) is 5.56 Å². The molecular weight excluding hydrogens is 338 g/mol. The summed E-state index contributed by atoms with van der Waals surface area (Å²) in [7, 11) is 1.57. The molecule has 1 saturated heterocycles. The van der Waals surface area contributed by atoms with Crippen molar-refractivity contribution in [2.45, 2.75) is 18.9 Å². The highest BCUT2D eigenvalue weighted by Crippen LogP contribution is 2.24. The number of hydrogen-bond acceptors (Lipinski definition) is 3. The van der Waals surface area contributed by atoms with Crippen molar-refractivity contribution in [3.8, 4) is 5.75 Å². The maximum atomic E-state index is 12.0. The molecule has 1 aliphatic heterocycles. The van der Waals surface area contributed by atoms with Crippen LogP contribution in [0.25, 0.3) is 0 Å². The molecule has 0 spiro atoms. The predicted molar refractivity (Wildman–Crippen MR) is 81.7 cm³/mol. The second-order valence-corrected chi connectivity index (χ2v) is 5.83. The van der Waals surface area contributed by atoms with Gasteiger partial charge in [0, 0.05) is 24.7 Å². The molecule has 0 radical (unpaired) electrons. The average molecular weight is 356 g/mol. The van der Waals surface area contributed by atoms with Gasteiger partial charge in [-0.1, -0.05) is 28.1 Å². The Balaban J connectivity index is 2.16. The van der Waals surface area contributed by atoms with Gasteiger partial charge < -0.3 is 14.7 Å². The molecule has 2 atom stereocenters. The van der Waals surface area contributed by atoms with Crippen molar-refractivity contribution in [3.63, 3.8) is 0 Å². The monoisotopic (exact) mass is 355 g/mol. The van der Waals surface area contributed by atoms with Gasteiger partial charge in [0.05, 0.1) is 7.11 Å². The summed E-state index contributed by atoms with van der Waals surface area (Å²) < 4.78 is 5.14. The number of carbonyl (C=O) groups is 2. The van der Waals surface area contributed by atoms with Gasteiger partial charge in [0.15, 0.2) is 0 Å². The number of alkyl halides is 1. The van der Waals surface area contributed by atoms with Crippen molar-refractivity contribution in [1.29, 1.82) is 0 Å². The van der Waals surface area contributed by atoms with Crippen LogP contribution in [0.15, 0.2) is 24.3 Å². The Hall–Kier alpha value is -1.56. The average Bonchev–Trinajstić information content (AvgIpc) is 2.85. The number of benzene rings is 1. The van der Waals surface area contributed by atoms with Crippen LogP contribution in [0.2, 0.25) is 0 Å². The summed E-state index contributed by atoms with van der Waals surface area (Å²) in [6.45, 7) is 0.491. The normalized spacial score (nSPS) is 19.6. The van der Waals surface area contributed by atoms with Gasteiger partial charge in [-0.25, -0.2) is 4.79 Å². The van der Waals surface area contributed by atoms with Crippen LogP contribution in [0.1, 0.15) is 12.0 Å². The summed E-state index contributed by atoms with van der Waals surface area (Å²) in [5.41, 5.74) is 0.844. The number of carbonyl (C=O) groups excluding carboxylic acids is 1. The van der Waals surface area contributed by atoms with E-state index in [1.165, 1.54) is 4.90 Å². The number of ether oxygens (including phenoxy) is 1. The smallest absolute Gasteiger partial charge is 0.326 e. The fraction of sp³-hybridized carbons (Fsp3) is 0.467. The lowest BCUT2D eigenvalue weighted by molar-refractivity contribution is -0.148. The molecule has 1 fully saturated rings. The van der Waals surface area contributed by atoms with Crippen LogP contribution in [0, 0.1) is 5.92 Å². The molecule has 1 aromatic rings. The van der Waals surface area contributed by atoms with Crippen molar-refractivity contribution in [1.82, 2.24) is 4.90 Å². The van der Waals surface area contributed by atoms with Gasteiger partial charge in [-0.15, -0.1) is 0 Å². The highest BCUT2D eigenvalue weighted by Gasteiger charge is 2.37. The van der Waals surface area contributed by atoms with Crippen LogP contribution in [-0.2, 0) is 16.0 Å². The van der Waals surface area contributed by atoms with Crippen molar-refractivity contribution >= 4 is 27.8 Å². The van der Waals surface area contributed by atoms with Crippen molar-refractivity contribution in [3.05, 3.63) is 29.8 Å². The number of likely N-dealkylation sites (tertiary alicyclic amines) is 1. The minimum Gasteiger partial charge on any atom is -0.497 e. The number of rotatable bonds is 6. The summed E-state index contributed by atoms with van der Waals surface area (Å²) in [5.74, 6) is -0.191. The lowest BCUT2D eigenvalue weighted by atomic mass is 10.0. The van der Waals surface area contributed by atoms with Gasteiger partial charge in [0.2, 0.25) is 5.91 Å². The quantitative estimate of drug-likeness (QED) is 0.791. The first-order valence-corrected chi connectivity index (χ1v) is 7.88. The van der Waals surface area contributed by atoms with Crippen LogP contribution in [0.4, 0.5) is 0 Å². The zero-order valence-corrected chi connectivity index (χ0v) is 13.4. The van der Waals surface area contributed by atoms with Crippen molar-refractivity contribution < 1.29 is 19.4 Å². The Bertz CT molecular complexity index is 534. The molecule has 1 amide bonds. The van der Waals surface area contributed by atoms with E-state index in [2.05, 4.69) is 15.9 Å². The third-order valence-electron chi connectivity index (χ3n) is 3.68. The summed E-state index contributed by atoms with van der Waals surface area (Å²) >= 11 is 3.36. The van der Waals surface area contributed by atoms with Gasteiger partial charge in [-0.2, -0.15) is 0 Å². The van der Waals surface area contributed by atoms with Gasteiger partial charge in [-0.3, -0.25) is 4.79 Å². The first kappa shape index (κ1) is 15.8. The molecule has 0 aromatic heterocycles. The number of aliphatic carboxylic acids is 1. The molecule has 0 saturated carbocycles. The number of methoxy groups -OCH3 is 1. The number of amides is 1. The molecule has 1 aromatic carbocycles. The summed E-state index contributed by atoms with van der Waals surface area (Å²) in [6, 6.07) is 6.45. The largest absolute Gasteiger partial charge is 0.497 e. The van der Waals surface area contributed by atoms with Gasteiger partial charge >= 0.3 is 5.97 Å². The maximum absolute atomic E-state index is 12.0. The Labute approximate surface area is 132 Å². The number of halogens is 1. The lowest BCUT2D eigenvalue weighted by Crippen LogP contribution is -2.43. The van der Waals surface area contributed by atoms with Crippen molar-refractivity contribution in [2.24, 2.45) is 5.92 Å². The molecule has 21 heavy (non-hydrogen) atoms. The Kier molecular flexibility index (Phi) is 5.22. The van der Waals surface area contributed by atoms with Crippen molar-refractivity contribution in [2.75, 3.05) is 19.0 Å². The molecule has 1 heterocycles. The summed E-state index contributed by atoms with van der Waals surface area (Å²) in [6.07, 6.45) is 0.695. The fourth-order valence-electron chi connectivity index (χ4n) is 2.57. The second-order valence-electron chi connectivity index (χ2n) is 5.18. The molecule has 1 aliphatic rings. The van der Waals surface area contributed by atoms with Crippen LogP contribution < -0.4 is 4.74 Å². The van der Waals surface area contributed by atoms with E-state index in [1.807, 2.05) is 12.1 Å². The minimum atomic E-state index is -0.971. The first-order valence-electron chi connectivity index (χ1n) is 6.76. The van der Waals surface area contributed by atoms with E-state index < -0.39 is 12.0 Å². The van der Waals surface area contributed by atoms with E-state index in [-0.39, 0.29) is 18.2 Å². The lowest BCUT2D eigenvalue weighted by Gasteiger charge is -2.25. The number of hydrogen-bond donors (Lipinski definition) is 1. The van der Waals surface area contributed by atoms with E-state index >= 15 is 0 Å². The number of carboxylic acid groups (broad SMARTS) is 1. The molecule has 2 rings (SSSR count). The van der Waals surface area contributed by atoms with Gasteiger partial charge in [0.25, 0.3) is 0 Å². The van der Waals surface area contributed by atoms with Crippen LogP contribution in [-0.4, -0.2) is 46.9 Å². The summed E-state index contributed by atoms with van der Waals surface area (Å²) in [5, 5.41) is 10.2.